The van der Waals surface area contributed by atoms with Gasteiger partial charge in [-0.05, 0) is 66.4 Å². The van der Waals surface area contributed by atoms with Crippen molar-refractivity contribution in [1.82, 2.24) is 0 Å². The first-order valence-electron chi connectivity index (χ1n) is 8.27. The fourth-order valence-corrected chi connectivity index (χ4v) is 4.63. The van der Waals surface area contributed by atoms with E-state index in [4.69, 9.17) is 8.92 Å². The van der Waals surface area contributed by atoms with Crippen molar-refractivity contribution in [3.8, 4) is 5.75 Å². The highest BCUT2D eigenvalue weighted by atomic mass is 32.3. The third kappa shape index (κ3) is 6.55. The fraction of sp³-hybridized carbons (Fsp3) is 0.176. The second kappa shape index (κ2) is 9.83. The van der Waals surface area contributed by atoms with Gasteiger partial charge in [0.05, 0.1) is 21.7 Å². The lowest BCUT2D eigenvalue weighted by Gasteiger charge is -2.25. The van der Waals surface area contributed by atoms with Crippen molar-refractivity contribution >= 4 is 66.9 Å². The van der Waals surface area contributed by atoms with Gasteiger partial charge in [0.1, 0.15) is 18.5 Å². The zero-order valence-corrected chi connectivity index (χ0v) is 18.5. The van der Waals surface area contributed by atoms with Crippen LogP contribution >= 0.6 is 24.4 Å². The maximum atomic E-state index is 11.9. The summed E-state index contributed by atoms with van der Waals surface area (Å²) < 4.78 is 66.3. The maximum absolute atomic E-state index is 11.9. The molecule has 0 bridgehead atoms. The smallest absolute Gasteiger partial charge is 0.416 e. The molecule has 14 heteroatoms. The normalized spacial score (nSPS) is 20.3. The van der Waals surface area contributed by atoms with Crippen molar-refractivity contribution in [2.75, 3.05) is 6.61 Å². The molecular weight excluding hydrogens is 488 g/mol. The van der Waals surface area contributed by atoms with Gasteiger partial charge in [0.2, 0.25) is 0 Å². The summed E-state index contributed by atoms with van der Waals surface area (Å²) in [6.07, 6.45) is -2.52. The number of rotatable bonds is 6. The molecule has 2 aromatic rings. The van der Waals surface area contributed by atoms with Crippen LogP contribution in [0, 0.1) is 0 Å². The molecule has 1 fully saturated rings. The van der Waals surface area contributed by atoms with Gasteiger partial charge in [-0.3, -0.25) is 0 Å². The summed E-state index contributed by atoms with van der Waals surface area (Å²) in [5.41, 5.74) is 1.46. The van der Waals surface area contributed by atoms with Gasteiger partial charge in [-0.25, -0.2) is 8.37 Å². The molecule has 0 amide bonds. The van der Waals surface area contributed by atoms with Crippen LogP contribution in [-0.2, 0) is 32.8 Å². The second-order valence-corrected chi connectivity index (χ2v) is 8.80. The van der Waals surface area contributed by atoms with Gasteiger partial charge in [-0.2, -0.15) is 26.8 Å². The van der Waals surface area contributed by atoms with Crippen molar-refractivity contribution in [3.63, 3.8) is 0 Å². The van der Waals surface area contributed by atoms with Gasteiger partial charge in [0, 0.05) is 0 Å². The van der Waals surface area contributed by atoms with E-state index in [0.717, 1.165) is 0 Å². The van der Waals surface area contributed by atoms with Crippen LogP contribution in [0.4, 0.5) is 11.4 Å². The Morgan fingerprint density at radius 1 is 0.903 bits per heavy atom. The van der Waals surface area contributed by atoms with Gasteiger partial charge in [-0.1, -0.05) is 12.1 Å². The van der Waals surface area contributed by atoms with E-state index >= 15 is 0 Å². The lowest BCUT2D eigenvalue weighted by Crippen LogP contribution is -2.31. The molecule has 1 aliphatic rings. The molecule has 0 saturated carbocycles. The first-order chi connectivity index (χ1) is 14.7. The van der Waals surface area contributed by atoms with E-state index < -0.39 is 39.6 Å². The molecule has 0 N–H and O–H groups in total. The Hall–Kier alpha value is -2.38. The van der Waals surface area contributed by atoms with Gasteiger partial charge in [-0.15, -0.1) is 3.63 Å². The molecule has 31 heavy (non-hydrogen) atoms. The number of aliphatic imine (C=N–C) groups is 2. The summed E-state index contributed by atoms with van der Waals surface area (Å²) >= 11 is 9.12. The summed E-state index contributed by atoms with van der Waals surface area (Å²) in [5.74, 6) is 0.309. The van der Waals surface area contributed by atoms with Crippen molar-refractivity contribution in [1.29, 1.82) is 0 Å². The molecule has 1 heterocycles. The lowest BCUT2D eigenvalue weighted by molar-refractivity contribution is 0.0301. The molecule has 1 aliphatic heterocycles. The number of nitrogens with zero attached hydrogens (tertiary/aromatic N) is 2. The van der Waals surface area contributed by atoms with E-state index in [2.05, 4.69) is 52.6 Å². The first kappa shape index (κ1) is 23.3. The molecule has 0 aromatic heterocycles. The highest BCUT2D eigenvalue weighted by molar-refractivity contribution is 7.95. The van der Waals surface area contributed by atoms with Crippen LogP contribution in [0.3, 0.4) is 0 Å². The minimum absolute atomic E-state index is 0.309. The topological polar surface area (TPSA) is 130 Å². The standard InChI is InChI=1S/C17H12N2O8S4/c20-30(21)24-9-16(26-31(22,23)27-30)17(12-1-3-13(4-2-12)18-10-28)25-15-7-5-14(6-8-15)19-11-29/h1-8,16-17H,9H2. The molecule has 1 saturated heterocycles. The Kier molecular flexibility index (Phi) is 7.38. The van der Waals surface area contributed by atoms with Crippen LogP contribution in [0.1, 0.15) is 11.7 Å². The average molecular weight is 501 g/mol. The molecule has 2 atom stereocenters. The minimum atomic E-state index is -4.92. The quantitative estimate of drug-likeness (QED) is 0.430. The average Bonchev–Trinajstić information content (AvgIpc) is 2.82. The van der Waals surface area contributed by atoms with Gasteiger partial charge in [0.25, 0.3) is 0 Å². The van der Waals surface area contributed by atoms with Crippen LogP contribution in [0.25, 0.3) is 0 Å². The fourth-order valence-electron chi connectivity index (χ4n) is 2.55. The van der Waals surface area contributed by atoms with Gasteiger partial charge >= 0.3 is 20.8 Å². The molecule has 2 aromatic carbocycles. The highest BCUT2D eigenvalue weighted by Crippen LogP contribution is 2.32. The number of hydrogen-bond donors (Lipinski definition) is 0. The Morgan fingerprint density at radius 2 is 1.45 bits per heavy atom. The van der Waals surface area contributed by atoms with Crippen LogP contribution in [0.15, 0.2) is 58.5 Å². The molecular formula is C17H12N2O8S4. The zero-order valence-electron chi connectivity index (χ0n) is 15.3. The minimum Gasteiger partial charge on any atom is -0.483 e. The Balaban J connectivity index is 1.98. The molecule has 3 rings (SSSR count). The van der Waals surface area contributed by atoms with E-state index in [-0.39, 0.29) is 0 Å². The third-order valence-electron chi connectivity index (χ3n) is 3.79. The monoisotopic (exact) mass is 500 g/mol. The largest absolute Gasteiger partial charge is 0.483 e. The molecule has 0 radical (unpaired) electrons. The number of ether oxygens (including phenoxy) is 1. The Labute approximate surface area is 188 Å². The predicted molar refractivity (Wildman–Crippen MR) is 115 cm³/mol. The van der Waals surface area contributed by atoms with Crippen LogP contribution < -0.4 is 4.74 Å². The van der Waals surface area contributed by atoms with E-state index in [0.29, 0.717) is 22.7 Å². The summed E-state index contributed by atoms with van der Waals surface area (Å²) in [5, 5.41) is 4.46. The van der Waals surface area contributed by atoms with Crippen LogP contribution in [0.5, 0.6) is 5.75 Å². The first-order valence-corrected chi connectivity index (χ1v) is 11.8. The summed E-state index contributed by atoms with van der Waals surface area (Å²) in [6.45, 7) is -0.681. The summed E-state index contributed by atoms with van der Waals surface area (Å²) in [7, 11) is -9.73. The Morgan fingerprint density at radius 3 is 2.00 bits per heavy atom. The molecule has 0 aliphatic carbocycles. The summed E-state index contributed by atoms with van der Waals surface area (Å²) in [4.78, 5) is 7.66. The number of hydrogen-bond acceptors (Lipinski definition) is 12. The SMILES string of the molecule is O=S1(=O)OCC(C(Oc2ccc(N=C=S)cc2)c2ccc(N=C=S)cc2)OS(=O)(=O)O1. The number of isothiocyanates is 2. The van der Waals surface area contributed by atoms with E-state index in [1.54, 1.807) is 48.5 Å². The predicted octanol–water partition coefficient (Wildman–Crippen LogP) is 3.20. The summed E-state index contributed by atoms with van der Waals surface area (Å²) in [6, 6.07) is 12.6. The van der Waals surface area contributed by atoms with E-state index in [1.807, 2.05) is 0 Å². The van der Waals surface area contributed by atoms with Crippen LogP contribution in [0.2, 0.25) is 0 Å². The zero-order chi connectivity index (χ0) is 22.5. The van der Waals surface area contributed by atoms with Gasteiger partial charge in [0.15, 0.2) is 6.10 Å². The molecule has 10 nitrogen and oxygen atoms in total. The van der Waals surface area contributed by atoms with Crippen LogP contribution in [-0.4, -0.2) is 39.9 Å². The van der Waals surface area contributed by atoms with Crippen molar-refractivity contribution in [3.05, 3.63) is 54.1 Å². The molecule has 0 spiro atoms. The van der Waals surface area contributed by atoms with Crippen molar-refractivity contribution < 1.29 is 33.6 Å². The maximum Gasteiger partial charge on any atom is 0.416 e. The van der Waals surface area contributed by atoms with E-state index in [9.17, 15) is 16.8 Å². The highest BCUT2D eigenvalue weighted by Gasteiger charge is 2.39. The lowest BCUT2D eigenvalue weighted by atomic mass is 10.0. The number of thiocarbonyl (C=S) groups is 2. The van der Waals surface area contributed by atoms with Gasteiger partial charge < -0.3 is 4.74 Å². The van der Waals surface area contributed by atoms with Crippen molar-refractivity contribution in [2.24, 2.45) is 9.98 Å². The Bertz CT molecular complexity index is 1250. The second-order valence-electron chi connectivity index (χ2n) is 5.83. The molecule has 2 unspecified atom stereocenters. The van der Waals surface area contributed by atoms with Crippen molar-refractivity contribution in [2.45, 2.75) is 12.2 Å². The third-order valence-corrected chi connectivity index (χ3v) is 6.22. The van der Waals surface area contributed by atoms with E-state index in [1.165, 1.54) is 0 Å². The molecule has 162 valence electrons. The number of benzene rings is 2.